The Morgan fingerprint density at radius 1 is 1.50 bits per heavy atom. The normalized spacial score (nSPS) is 17.7. The summed E-state index contributed by atoms with van der Waals surface area (Å²) in [6.45, 7) is 0. The number of carbonyl (C=O) groups is 1. The van der Waals surface area contributed by atoms with E-state index in [-0.39, 0.29) is 12.3 Å². The van der Waals surface area contributed by atoms with Crippen LogP contribution < -0.4 is 0 Å². The van der Waals surface area contributed by atoms with Crippen molar-refractivity contribution in [1.82, 2.24) is 4.90 Å². The minimum atomic E-state index is -0.877. The zero-order chi connectivity index (χ0) is 14.8. The van der Waals surface area contributed by atoms with E-state index in [9.17, 15) is 15.2 Å². The van der Waals surface area contributed by atoms with Gasteiger partial charge in [0.25, 0.3) is 0 Å². The molecule has 1 aliphatic rings. The van der Waals surface area contributed by atoms with Gasteiger partial charge in [-0.1, -0.05) is 23.7 Å². The summed E-state index contributed by atoms with van der Waals surface area (Å²) in [6.07, 6.45) is 1.48. The summed E-state index contributed by atoms with van der Waals surface area (Å²) in [5, 5.41) is 19.9. The lowest BCUT2D eigenvalue weighted by atomic mass is 9.76. The molecule has 4 nitrogen and oxygen atoms in total. The second kappa shape index (κ2) is 5.82. The fraction of sp³-hybridized carbons (Fsp3) is 0.467. The Kier molecular flexibility index (Phi) is 4.32. The number of rotatable bonds is 4. The molecule has 0 saturated heterocycles. The number of nitriles is 1. The van der Waals surface area contributed by atoms with Crippen molar-refractivity contribution in [2.75, 3.05) is 7.05 Å². The van der Waals surface area contributed by atoms with E-state index in [0.717, 1.165) is 6.42 Å². The van der Waals surface area contributed by atoms with E-state index in [2.05, 4.69) is 6.07 Å². The van der Waals surface area contributed by atoms with Crippen LogP contribution in [0.1, 0.15) is 37.4 Å². The number of hydrogen-bond donors (Lipinski definition) is 1. The highest BCUT2D eigenvalue weighted by molar-refractivity contribution is 6.30. The van der Waals surface area contributed by atoms with Crippen LogP contribution in [0, 0.1) is 11.3 Å². The van der Waals surface area contributed by atoms with Crippen LogP contribution in [0.2, 0.25) is 5.02 Å². The molecule has 0 heterocycles. The number of aliphatic hydroxyl groups excluding tert-OH is 1. The lowest BCUT2D eigenvalue weighted by molar-refractivity contribution is -0.138. The predicted octanol–water partition coefficient (Wildman–Crippen LogP) is 2.67. The summed E-state index contributed by atoms with van der Waals surface area (Å²) < 4.78 is 0. The molecule has 1 fully saturated rings. The maximum absolute atomic E-state index is 12.2. The van der Waals surface area contributed by atoms with Crippen LogP contribution in [0.3, 0.4) is 0 Å². The van der Waals surface area contributed by atoms with Gasteiger partial charge in [-0.3, -0.25) is 4.79 Å². The average Bonchev–Trinajstić information content (AvgIpc) is 2.38. The molecule has 20 heavy (non-hydrogen) atoms. The second-order valence-corrected chi connectivity index (χ2v) is 5.66. The molecule has 1 unspecified atom stereocenters. The van der Waals surface area contributed by atoms with Crippen LogP contribution in [0.4, 0.5) is 0 Å². The molecule has 106 valence electrons. The predicted molar refractivity (Wildman–Crippen MR) is 76.0 cm³/mol. The first-order valence-electron chi connectivity index (χ1n) is 6.60. The molecular formula is C15H17ClN2O2. The average molecular weight is 293 g/mol. The van der Waals surface area contributed by atoms with E-state index in [1.807, 2.05) is 0 Å². The van der Waals surface area contributed by atoms with Gasteiger partial charge in [-0.05, 0) is 37.0 Å². The van der Waals surface area contributed by atoms with E-state index in [0.29, 0.717) is 23.4 Å². The molecule has 1 N–H and O–H groups in total. The molecule has 1 amide bonds. The Bertz CT molecular complexity index is 532. The maximum atomic E-state index is 12.2. The Labute approximate surface area is 123 Å². The van der Waals surface area contributed by atoms with Gasteiger partial charge < -0.3 is 10.0 Å². The molecule has 0 radical (unpaired) electrons. The van der Waals surface area contributed by atoms with Gasteiger partial charge in [0.05, 0.1) is 18.6 Å². The number of aliphatic hydroxyl groups is 1. The summed E-state index contributed by atoms with van der Waals surface area (Å²) >= 11 is 5.78. The van der Waals surface area contributed by atoms with Gasteiger partial charge in [-0.25, -0.2) is 0 Å². The van der Waals surface area contributed by atoms with Gasteiger partial charge in [0, 0.05) is 12.1 Å². The van der Waals surface area contributed by atoms with Gasteiger partial charge in [-0.2, -0.15) is 5.26 Å². The highest BCUT2D eigenvalue weighted by atomic mass is 35.5. The van der Waals surface area contributed by atoms with E-state index in [1.165, 1.54) is 4.90 Å². The third-order valence-corrected chi connectivity index (χ3v) is 4.28. The fourth-order valence-corrected chi connectivity index (χ4v) is 2.50. The number of amides is 1. The maximum Gasteiger partial charge on any atom is 0.226 e. The molecule has 0 spiro atoms. The van der Waals surface area contributed by atoms with E-state index in [1.54, 1.807) is 31.3 Å². The minimum Gasteiger partial charge on any atom is -0.388 e. The van der Waals surface area contributed by atoms with E-state index in [4.69, 9.17) is 11.6 Å². The molecule has 5 heteroatoms. The van der Waals surface area contributed by atoms with E-state index < -0.39 is 11.6 Å². The van der Waals surface area contributed by atoms with E-state index >= 15 is 0 Å². The zero-order valence-corrected chi connectivity index (χ0v) is 12.1. The number of carbonyl (C=O) groups excluding carboxylic acids is 1. The SMILES string of the molecule is CN(C(=O)CC(O)c1ccc(Cl)cc1)C1(C#N)CCC1. The standard InChI is InChI=1S/C15H17ClN2O2/c1-18(15(10-17)7-2-8-15)14(20)9-13(19)11-3-5-12(16)6-4-11/h3-6,13,19H,2,7-9H2,1H3. The van der Waals surface area contributed by atoms with Crippen molar-refractivity contribution in [3.8, 4) is 6.07 Å². The number of benzene rings is 1. The quantitative estimate of drug-likeness (QED) is 0.928. The topological polar surface area (TPSA) is 64.3 Å². The van der Waals surface area contributed by atoms with Gasteiger partial charge in [0.1, 0.15) is 5.54 Å². The molecule has 1 aromatic rings. The minimum absolute atomic E-state index is 0.0262. The fourth-order valence-electron chi connectivity index (χ4n) is 2.38. The van der Waals surface area contributed by atoms with Crippen molar-refractivity contribution in [3.63, 3.8) is 0 Å². The Morgan fingerprint density at radius 2 is 2.10 bits per heavy atom. The highest BCUT2D eigenvalue weighted by Gasteiger charge is 2.43. The van der Waals surface area contributed by atoms with Crippen LogP contribution in [-0.2, 0) is 4.79 Å². The number of nitrogens with zero attached hydrogens (tertiary/aromatic N) is 2. The Balaban J connectivity index is 2.01. The third kappa shape index (κ3) is 2.79. The number of hydrogen-bond acceptors (Lipinski definition) is 3. The van der Waals surface area contributed by atoms with Gasteiger partial charge >= 0.3 is 0 Å². The third-order valence-electron chi connectivity index (χ3n) is 4.03. The summed E-state index contributed by atoms with van der Waals surface area (Å²) in [7, 11) is 1.64. The first-order chi connectivity index (χ1) is 9.48. The molecule has 0 aromatic heterocycles. The van der Waals surface area contributed by atoms with Crippen LogP contribution in [0.15, 0.2) is 24.3 Å². The van der Waals surface area contributed by atoms with Crippen LogP contribution >= 0.6 is 11.6 Å². The molecule has 2 rings (SSSR count). The van der Waals surface area contributed by atoms with Crippen LogP contribution in [0.5, 0.6) is 0 Å². The smallest absolute Gasteiger partial charge is 0.226 e. The summed E-state index contributed by atoms with van der Waals surface area (Å²) in [5.74, 6) is -0.214. The molecule has 1 aliphatic carbocycles. The lowest BCUT2D eigenvalue weighted by Gasteiger charge is -2.43. The molecular weight excluding hydrogens is 276 g/mol. The molecule has 0 aliphatic heterocycles. The van der Waals surface area contributed by atoms with Gasteiger partial charge in [0.2, 0.25) is 5.91 Å². The summed E-state index contributed by atoms with van der Waals surface area (Å²) in [4.78, 5) is 13.7. The molecule has 0 bridgehead atoms. The van der Waals surface area contributed by atoms with Crippen molar-refractivity contribution in [2.45, 2.75) is 37.3 Å². The second-order valence-electron chi connectivity index (χ2n) is 5.22. The van der Waals surface area contributed by atoms with Crippen LogP contribution in [0.25, 0.3) is 0 Å². The van der Waals surface area contributed by atoms with Crippen molar-refractivity contribution < 1.29 is 9.90 Å². The molecule has 1 aromatic carbocycles. The van der Waals surface area contributed by atoms with Crippen molar-refractivity contribution in [2.24, 2.45) is 0 Å². The highest BCUT2D eigenvalue weighted by Crippen LogP contribution is 2.37. The van der Waals surface area contributed by atoms with Crippen molar-refractivity contribution >= 4 is 17.5 Å². The zero-order valence-electron chi connectivity index (χ0n) is 11.3. The van der Waals surface area contributed by atoms with Crippen molar-refractivity contribution in [3.05, 3.63) is 34.9 Å². The first-order valence-corrected chi connectivity index (χ1v) is 6.98. The monoisotopic (exact) mass is 292 g/mol. The largest absolute Gasteiger partial charge is 0.388 e. The first kappa shape index (κ1) is 14.8. The van der Waals surface area contributed by atoms with Gasteiger partial charge in [0.15, 0.2) is 0 Å². The van der Waals surface area contributed by atoms with Gasteiger partial charge in [-0.15, -0.1) is 0 Å². The van der Waals surface area contributed by atoms with Crippen molar-refractivity contribution in [1.29, 1.82) is 5.26 Å². The molecule has 1 saturated carbocycles. The molecule has 1 atom stereocenters. The summed E-state index contributed by atoms with van der Waals surface area (Å²) in [5.41, 5.74) is -0.0210. The Morgan fingerprint density at radius 3 is 2.55 bits per heavy atom. The lowest BCUT2D eigenvalue weighted by Crippen LogP contribution is -2.53. The summed E-state index contributed by atoms with van der Waals surface area (Å²) in [6, 6.07) is 8.97. The number of halogens is 1. The van der Waals surface area contributed by atoms with Crippen LogP contribution in [-0.4, -0.2) is 28.5 Å². The Hall–Kier alpha value is -1.57.